The molecule has 4 heteroatoms. The van der Waals surface area contributed by atoms with Crippen LogP contribution in [-0.2, 0) is 9.47 Å². The molecule has 0 aromatic rings. The van der Waals surface area contributed by atoms with Gasteiger partial charge < -0.3 is 14.8 Å². The molecule has 0 spiro atoms. The number of rotatable bonds is 5. The van der Waals surface area contributed by atoms with E-state index in [0.717, 1.165) is 46.1 Å². The lowest BCUT2D eigenvalue weighted by Gasteiger charge is -2.30. The van der Waals surface area contributed by atoms with Crippen LogP contribution < -0.4 is 5.32 Å². The van der Waals surface area contributed by atoms with E-state index in [1.54, 1.807) is 0 Å². The zero-order valence-electron chi connectivity index (χ0n) is 11.0. The van der Waals surface area contributed by atoms with Crippen molar-refractivity contribution < 1.29 is 9.47 Å². The van der Waals surface area contributed by atoms with Crippen LogP contribution in [0.2, 0.25) is 0 Å². The zero-order chi connectivity index (χ0) is 11.9. The number of nitrogens with zero attached hydrogens (tertiary/aromatic N) is 1. The third-order valence-electron chi connectivity index (χ3n) is 3.80. The van der Waals surface area contributed by atoms with Crippen molar-refractivity contribution in [1.29, 1.82) is 0 Å². The molecule has 0 aliphatic carbocycles. The fraction of sp³-hybridized carbons (Fsp3) is 1.00. The van der Waals surface area contributed by atoms with Gasteiger partial charge in [0, 0.05) is 25.7 Å². The first-order valence-electron chi connectivity index (χ1n) is 6.97. The van der Waals surface area contributed by atoms with Crippen LogP contribution in [0, 0.1) is 5.92 Å². The van der Waals surface area contributed by atoms with Crippen LogP contribution in [0.4, 0.5) is 0 Å². The minimum absolute atomic E-state index is 0.659. The average molecular weight is 242 g/mol. The Morgan fingerprint density at radius 3 is 2.76 bits per heavy atom. The molecule has 0 radical (unpaired) electrons. The van der Waals surface area contributed by atoms with Gasteiger partial charge in [-0.05, 0) is 31.8 Å². The molecular formula is C13H26N2O2. The van der Waals surface area contributed by atoms with Crippen molar-refractivity contribution in [3.05, 3.63) is 0 Å². The van der Waals surface area contributed by atoms with Gasteiger partial charge in [-0.1, -0.05) is 6.92 Å². The quantitative estimate of drug-likeness (QED) is 0.721. The monoisotopic (exact) mass is 242 g/mol. The lowest BCUT2D eigenvalue weighted by atomic mass is 9.98. The Morgan fingerprint density at radius 2 is 2.00 bits per heavy atom. The number of ether oxygens (including phenoxy) is 2. The predicted molar refractivity (Wildman–Crippen MR) is 68.3 cm³/mol. The third-order valence-corrected chi connectivity index (χ3v) is 3.80. The maximum atomic E-state index is 5.45. The Morgan fingerprint density at radius 1 is 1.18 bits per heavy atom. The molecule has 2 aliphatic heterocycles. The van der Waals surface area contributed by atoms with Crippen molar-refractivity contribution in [2.24, 2.45) is 5.92 Å². The Bertz CT molecular complexity index is 208. The highest BCUT2D eigenvalue weighted by molar-refractivity contribution is 4.76. The summed E-state index contributed by atoms with van der Waals surface area (Å²) >= 11 is 0. The first kappa shape index (κ1) is 13.3. The van der Waals surface area contributed by atoms with Crippen LogP contribution in [0.3, 0.4) is 0 Å². The van der Waals surface area contributed by atoms with E-state index in [1.165, 1.54) is 19.4 Å². The summed E-state index contributed by atoms with van der Waals surface area (Å²) in [6.45, 7) is 10.5. The van der Waals surface area contributed by atoms with Gasteiger partial charge in [0.25, 0.3) is 0 Å². The number of hydrogen-bond acceptors (Lipinski definition) is 4. The molecule has 2 fully saturated rings. The minimum Gasteiger partial charge on any atom is -0.381 e. The summed E-state index contributed by atoms with van der Waals surface area (Å²) < 4.78 is 10.8. The molecule has 1 N–H and O–H groups in total. The van der Waals surface area contributed by atoms with Crippen LogP contribution >= 0.6 is 0 Å². The predicted octanol–water partition coefficient (Wildman–Crippen LogP) is 0.723. The molecule has 4 nitrogen and oxygen atoms in total. The van der Waals surface area contributed by atoms with E-state index in [9.17, 15) is 0 Å². The average Bonchev–Trinajstić information content (AvgIpc) is 2.38. The molecule has 2 atom stereocenters. The zero-order valence-corrected chi connectivity index (χ0v) is 11.0. The second kappa shape index (κ2) is 7.31. The minimum atomic E-state index is 0.659. The van der Waals surface area contributed by atoms with Crippen molar-refractivity contribution in [2.75, 3.05) is 52.6 Å². The standard InChI is InChI=1S/C13H26N2O2/c1-12-11-17-8-3-13(12)14-4-2-5-15-6-9-16-10-7-15/h12-14H,2-11H2,1H3. The highest BCUT2D eigenvalue weighted by Gasteiger charge is 2.20. The smallest absolute Gasteiger partial charge is 0.0594 e. The summed E-state index contributed by atoms with van der Waals surface area (Å²) in [7, 11) is 0. The van der Waals surface area contributed by atoms with E-state index in [2.05, 4.69) is 17.1 Å². The van der Waals surface area contributed by atoms with Gasteiger partial charge in [0.15, 0.2) is 0 Å². The molecule has 0 saturated carbocycles. The van der Waals surface area contributed by atoms with Crippen LogP contribution in [0.15, 0.2) is 0 Å². The van der Waals surface area contributed by atoms with Gasteiger partial charge in [0.1, 0.15) is 0 Å². The van der Waals surface area contributed by atoms with Gasteiger partial charge in [0.05, 0.1) is 19.8 Å². The van der Waals surface area contributed by atoms with E-state index in [-0.39, 0.29) is 0 Å². The molecule has 2 rings (SSSR count). The Hall–Kier alpha value is -0.160. The molecule has 0 aromatic carbocycles. The van der Waals surface area contributed by atoms with Crippen molar-refractivity contribution >= 4 is 0 Å². The Labute approximate surface area is 105 Å². The Kier molecular flexibility index (Phi) is 5.71. The summed E-state index contributed by atoms with van der Waals surface area (Å²) in [4.78, 5) is 2.50. The van der Waals surface area contributed by atoms with E-state index >= 15 is 0 Å². The molecule has 2 heterocycles. The number of morpholine rings is 1. The van der Waals surface area contributed by atoms with Gasteiger partial charge in [-0.25, -0.2) is 0 Å². The van der Waals surface area contributed by atoms with Crippen LogP contribution in [0.25, 0.3) is 0 Å². The normalized spacial score (nSPS) is 31.6. The van der Waals surface area contributed by atoms with Gasteiger partial charge in [0.2, 0.25) is 0 Å². The molecule has 0 bridgehead atoms. The molecular weight excluding hydrogens is 216 g/mol. The maximum Gasteiger partial charge on any atom is 0.0594 e. The summed E-state index contributed by atoms with van der Waals surface area (Å²) in [5.74, 6) is 0.659. The van der Waals surface area contributed by atoms with E-state index in [4.69, 9.17) is 9.47 Å². The van der Waals surface area contributed by atoms with Gasteiger partial charge >= 0.3 is 0 Å². The van der Waals surface area contributed by atoms with Crippen molar-refractivity contribution in [3.63, 3.8) is 0 Å². The number of hydrogen-bond donors (Lipinski definition) is 1. The van der Waals surface area contributed by atoms with E-state index in [0.29, 0.717) is 12.0 Å². The molecule has 0 amide bonds. The summed E-state index contributed by atoms with van der Waals surface area (Å²) in [5, 5.41) is 3.67. The SMILES string of the molecule is CC1COCCC1NCCCN1CCOCC1. The fourth-order valence-corrected chi connectivity index (χ4v) is 2.60. The summed E-state index contributed by atoms with van der Waals surface area (Å²) in [5.41, 5.74) is 0. The second-order valence-corrected chi connectivity index (χ2v) is 5.21. The lowest BCUT2D eigenvalue weighted by molar-refractivity contribution is 0.0332. The first-order chi connectivity index (χ1) is 8.36. The molecule has 2 aliphatic rings. The van der Waals surface area contributed by atoms with Gasteiger partial charge in [-0.2, -0.15) is 0 Å². The summed E-state index contributed by atoms with van der Waals surface area (Å²) in [6, 6.07) is 0.661. The molecule has 17 heavy (non-hydrogen) atoms. The fourth-order valence-electron chi connectivity index (χ4n) is 2.60. The highest BCUT2D eigenvalue weighted by atomic mass is 16.5. The van der Waals surface area contributed by atoms with E-state index in [1.807, 2.05) is 0 Å². The third kappa shape index (κ3) is 4.54. The van der Waals surface area contributed by atoms with E-state index < -0.39 is 0 Å². The molecule has 100 valence electrons. The lowest BCUT2D eigenvalue weighted by Crippen LogP contribution is -2.43. The highest BCUT2D eigenvalue weighted by Crippen LogP contribution is 2.13. The molecule has 2 saturated heterocycles. The largest absolute Gasteiger partial charge is 0.381 e. The van der Waals surface area contributed by atoms with Crippen molar-refractivity contribution in [1.82, 2.24) is 10.2 Å². The topological polar surface area (TPSA) is 33.7 Å². The Balaban J connectivity index is 1.53. The van der Waals surface area contributed by atoms with Gasteiger partial charge in [-0.3, -0.25) is 4.90 Å². The molecule has 2 unspecified atom stereocenters. The molecule has 0 aromatic heterocycles. The number of nitrogens with one attached hydrogen (secondary N) is 1. The van der Waals surface area contributed by atoms with Crippen molar-refractivity contribution in [2.45, 2.75) is 25.8 Å². The van der Waals surface area contributed by atoms with Crippen LogP contribution in [-0.4, -0.2) is 63.5 Å². The van der Waals surface area contributed by atoms with Crippen molar-refractivity contribution in [3.8, 4) is 0 Å². The second-order valence-electron chi connectivity index (χ2n) is 5.21. The maximum absolute atomic E-state index is 5.45. The van der Waals surface area contributed by atoms with Gasteiger partial charge in [-0.15, -0.1) is 0 Å². The first-order valence-corrected chi connectivity index (χ1v) is 6.97. The van der Waals surface area contributed by atoms with Crippen LogP contribution in [0.1, 0.15) is 19.8 Å². The van der Waals surface area contributed by atoms with Crippen LogP contribution in [0.5, 0.6) is 0 Å². The summed E-state index contributed by atoms with van der Waals surface area (Å²) in [6.07, 6.45) is 2.41.